The van der Waals surface area contributed by atoms with Gasteiger partial charge in [-0.15, -0.1) is 10.2 Å². The van der Waals surface area contributed by atoms with Crippen LogP contribution in [0.4, 0.5) is 0 Å². The van der Waals surface area contributed by atoms with Crippen molar-refractivity contribution in [1.29, 1.82) is 0 Å². The third kappa shape index (κ3) is 3.03. The van der Waals surface area contributed by atoms with Crippen LogP contribution in [0.1, 0.15) is 22.3 Å². The highest BCUT2D eigenvalue weighted by Gasteiger charge is 2.08. The summed E-state index contributed by atoms with van der Waals surface area (Å²) in [6.07, 6.45) is 0. The molecule has 0 N–H and O–H groups in total. The third-order valence-corrected chi connectivity index (χ3v) is 4.38. The van der Waals surface area contributed by atoms with Gasteiger partial charge < -0.3 is 0 Å². The Balaban J connectivity index is 2.14. The van der Waals surface area contributed by atoms with Gasteiger partial charge in [0.2, 0.25) is 0 Å². The molecule has 0 saturated heterocycles. The largest absolute Gasteiger partial charge is 0.154 e. The Labute approximate surface area is 117 Å². The highest BCUT2D eigenvalue weighted by Crippen LogP contribution is 2.27. The standard InChI is InChI=1S/C14H15ClN2S/c1-9-5-4-6-12(7-9)8-18-14-11(3)10(2)13(15)16-17-14/h4-7H,8H2,1-3H3. The van der Waals surface area contributed by atoms with Gasteiger partial charge in [0.25, 0.3) is 0 Å². The van der Waals surface area contributed by atoms with E-state index in [9.17, 15) is 0 Å². The van der Waals surface area contributed by atoms with Crippen LogP contribution in [-0.2, 0) is 5.75 Å². The number of benzene rings is 1. The minimum Gasteiger partial charge on any atom is -0.142 e. The lowest BCUT2D eigenvalue weighted by Gasteiger charge is -2.07. The maximum absolute atomic E-state index is 5.94. The van der Waals surface area contributed by atoms with Crippen molar-refractivity contribution in [3.63, 3.8) is 0 Å². The maximum Gasteiger partial charge on any atom is 0.154 e. The first kappa shape index (κ1) is 13.4. The molecule has 0 saturated carbocycles. The van der Waals surface area contributed by atoms with E-state index in [2.05, 4.69) is 41.4 Å². The second-order valence-corrected chi connectivity index (χ2v) is 5.65. The molecule has 0 aliphatic heterocycles. The van der Waals surface area contributed by atoms with E-state index in [0.29, 0.717) is 5.15 Å². The summed E-state index contributed by atoms with van der Waals surface area (Å²) < 4.78 is 0. The summed E-state index contributed by atoms with van der Waals surface area (Å²) in [7, 11) is 0. The van der Waals surface area contributed by atoms with Gasteiger partial charge in [-0.1, -0.05) is 53.2 Å². The summed E-state index contributed by atoms with van der Waals surface area (Å²) >= 11 is 7.64. The number of thioether (sulfide) groups is 1. The summed E-state index contributed by atoms with van der Waals surface area (Å²) in [6.45, 7) is 6.11. The van der Waals surface area contributed by atoms with Gasteiger partial charge in [0.1, 0.15) is 5.03 Å². The van der Waals surface area contributed by atoms with Gasteiger partial charge in [-0.05, 0) is 37.5 Å². The summed E-state index contributed by atoms with van der Waals surface area (Å²) in [5.41, 5.74) is 4.71. The van der Waals surface area contributed by atoms with E-state index in [0.717, 1.165) is 21.9 Å². The van der Waals surface area contributed by atoms with Crippen molar-refractivity contribution in [3.8, 4) is 0 Å². The van der Waals surface area contributed by atoms with Crippen molar-refractivity contribution in [3.05, 3.63) is 51.7 Å². The number of hydrogen-bond acceptors (Lipinski definition) is 3. The van der Waals surface area contributed by atoms with Crippen molar-refractivity contribution in [1.82, 2.24) is 10.2 Å². The average molecular weight is 279 g/mol. The minimum atomic E-state index is 0.493. The average Bonchev–Trinajstić information content (AvgIpc) is 2.35. The van der Waals surface area contributed by atoms with Crippen LogP contribution in [0, 0.1) is 20.8 Å². The van der Waals surface area contributed by atoms with Gasteiger partial charge in [-0.2, -0.15) is 0 Å². The zero-order valence-electron chi connectivity index (χ0n) is 10.7. The molecule has 0 aliphatic carbocycles. The lowest BCUT2D eigenvalue weighted by Crippen LogP contribution is -1.95. The Kier molecular flexibility index (Phi) is 4.25. The van der Waals surface area contributed by atoms with Crippen molar-refractivity contribution < 1.29 is 0 Å². The smallest absolute Gasteiger partial charge is 0.142 e. The molecule has 4 heteroatoms. The molecule has 0 spiro atoms. The zero-order chi connectivity index (χ0) is 13.1. The van der Waals surface area contributed by atoms with Crippen molar-refractivity contribution in [2.24, 2.45) is 0 Å². The third-order valence-electron chi connectivity index (χ3n) is 2.88. The summed E-state index contributed by atoms with van der Waals surface area (Å²) in [6, 6.07) is 8.51. The SMILES string of the molecule is Cc1cccc(CSc2nnc(Cl)c(C)c2C)c1. The number of halogens is 1. The molecule has 1 aromatic heterocycles. The van der Waals surface area contributed by atoms with E-state index in [-0.39, 0.29) is 0 Å². The zero-order valence-corrected chi connectivity index (χ0v) is 12.3. The van der Waals surface area contributed by atoms with Crippen LogP contribution >= 0.6 is 23.4 Å². The van der Waals surface area contributed by atoms with Gasteiger partial charge in [0.15, 0.2) is 5.15 Å². The van der Waals surface area contributed by atoms with Crippen molar-refractivity contribution >= 4 is 23.4 Å². The normalized spacial score (nSPS) is 10.7. The molecular formula is C14H15ClN2S. The molecule has 1 aromatic carbocycles. The number of nitrogens with zero attached hydrogens (tertiary/aromatic N) is 2. The van der Waals surface area contributed by atoms with E-state index in [1.807, 2.05) is 13.8 Å². The van der Waals surface area contributed by atoms with E-state index >= 15 is 0 Å². The number of aromatic nitrogens is 2. The van der Waals surface area contributed by atoms with Gasteiger partial charge in [0.05, 0.1) is 0 Å². The summed E-state index contributed by atoms with van der Waals surface area (Å²) in [4.78, 5) is 0. The molecule has 0 unspecified atom stereocenters. The Morgan fingerprint density at radius 2 is 1.89 bits per heavy atom. The quantitative estimate of drug-likeness (QED) is 0.781. The number of aryl methyl sites for hydroxylation is 1. The fraction of sp³-hybridized carbons (Fsp3) is 0.286. The second-order valence-electron chi connectivity index (χ2n) is 4.32. The number of hydrogen-bond donors (Lipinski definition) is 0. The van der Waals surface area contributed by atoms with Gasteiger partial charge in [-0.25, -0.2) is 0 Å². The Morgan fingerprint density at radius 1 is 1.11 bits per heavy atom. The lowest BCUT2D eigenvalue weighted by molar-refractivity contribution is 0.891. The summed E-state index contributed by atoms with van der Waals surface area (Å²) in [5, 5.41) is 9.57. The molecule has 0 radical (unpaired) electrons. The molecule has 94 valence electrons. The van der Waals surface area contributed by atoms with Gasteiger partial charge >= 0.3 is 0 Å². The Hall–Kier alpha value is -1.06. The molecule has 2 aromatic rings. The molecule has 2 rings (SSSR count). The first-order valence-corrected chi connectivity index (χ1v) is 7.12. The topological polar surface area (TPSA) is 25.8 Å². The van der Waals surface area contributed by atoms with E-state index in [1.54, 1.807) is 11.8 Å². The number of rotatable bonds is 3. The van der Waals surface area contributed by atoms with Crippen LogP contribution in [-0.4, -0.2) is 10.2 Å². The first-order chi connectivity index (χ1) is 8.58. The van der Waals surface area contributed by atoms with Crippen molar-refractivity contribution in [2.45, 2.75) is 31.6 Å². The van der Waals surface area contributed by atoms with E-state index in [1.165, 1.54) is 11.1 Å². The maximum atomic E-state index is 5.94. The lowest BCUT2D eigenvalue weighted by atomic mass is 10.2. The molecular weight excluding hydrogens is 264 g/mol. The van der Waals surface area contributed by atoms with Crippen LogP contribution in [0.2, 0.25) is 5.15 Å². The fourth-order valence-corrected chi connectivity index (χ4v) is 2.78. The van der Waals surface area contributed by atoms with Gasteiger partial charge in [0, 0.05) is 5.75 Å². The van der Waals surface area contributed by atoms with Crippen molar-refractivity contribution in [2.75, 3.05) is 0 Å². The van der Waals surface area contributed by atoms with Gasteiger partial charge in [-0.3, -0.25) is 0 Å². The van der Waals surface area contributed by atoms with Crippen LogP contribution in [0.15, 0.2) is 29.3 Å². The first-order valence-electron chi connectivity index (χ1n) is 5.75. The minimum absolute atomic E-state index is 0.493. The summed E-state index contributed by atoms with van der Waals surface area (Å²) in [5.74, 6) is 0.901. The molecule has 2 nitrogen and oxygen atoms in total. The predicted octanol–water partition coefficient (Wildman–Crippen LogP) is 4.35. The van der Waals surface area contributed by atoms with E-state index < -0.39 is 0 Å². The predicted molar refractivity (Wildman–Crippen MR) is 77.3 cm³/mol. The molecule has 18 heavy (non-hydrogen) atoms. The van der Waals surface area contributed by atoms with Crippen LogP contribution in [0.25, 0.3) is 0 Å². The van der Waals surface area contributed by atoms with Crippen LogP contribution < -0.4 is 0 Å². The highest BCUT2D eigenvalue weighted by molar-refractivity contribution is 7.98. The molecule has 0 bridgehead atoms. The van der Waals surface area contributed by atoms with Crippen LogP contribution in [0.5, 0.6) is 0 Å². The second kappa shape index (κ2) is 5.72. The molecule has 0 atom stereocenters. The molecule has 0 aliphatic rings. The molecule has 0 fully saturated rings. The van der Waals surface area contributed by atoms with E-state index in [4.69, 9.17) is 11.6 Å². The Morgan fingerprint density at radius 3 is 2.61 bits per heavy atom. The van der Waals surface area contributed by atoms with Crippen LogP contribution in [0.3, 0.4) is 0 Å². The molecule has 1 heterocycles. The molecule has 0 amide bonds. The Bertz CT molecular complexity index is 570. The monoisotopic (exact) mass is 278 g/mol. The fourth-order valence-electron chi connectivity index (χ4n) is 1.65. The highest BCUT2D eigenvalue weighted by atomic mass is 35.5.